The molecule has 2 aliphatic rings. The minimum Gasteiger partial charge on any atom is -0.259 e. The van der Waals surface area contributed by atoms with Crippen LogP contribution >= 0.6 is 0 Å². The summed E-state index contributed by atoms with van der Waals surface area (Å²) < 4.78 is 0. The summed E-state index contributed by atoms with van der Waals surface area (Å²) in [4.78, 5) is 8.54. The zero-order valence-electron chi connectivity index (χ0n) is 6.99. The number of rotatable bonds is 0. The molecule has 1 aliphatic carbocycles. The molecule has 2 bridgehead atoms. The van der Waals surface area contributed by atoms with Crippen molar-refractivity contribution in [2.75, 3.05) is 0 Å². The van der Waals surface area contributed by atoms with E-state index in [9.17, 15) is 0 Å². The maximum atomic E-state index is 4.30. The van der Waals surface area contributed by atoms with Crippen LogP contribution in [0.1, 0.15) is 13.3 Å². The van der Waals surface area contributed by atoms with Gasteiger partial charge in [0, 0.05) is 30.2 Å². The van der Waals surface area contributed by atoms with E-state index >= 15 is 0 Å². The zero-order chi connectivity index (χ0) is 8.39. The van der Waals surface area contributed by atoms with E-state index in [1.807, 2.05) is 12.2 Å². The Morgan fingerprint density at radius 3 is 3.00 bits per heavy atom. The second-order valence-electron chi connectivity index (χ2n) is 2.88. The van der Waals surface area contributed by atoms with Gasteiger partial charge in [-0.3, -0.25) is 9.98 Å². The molecule has 0 unspecified atom stereocenters. The predicted octanol–water partition coefficient (Wildman–Crippen LogP) is 2.26. The molecule has 0 N–H and O–H groups in total. The van der Waals surface area contributed by atoms with E-state index in [4.69, 9.17) is 0 Å². The van der Waals surface area contributed by atoms with Gasteiger partial charge in [-0.2, -0.15) is 0 Å². The fraction of sp³-hybridized carbons (Fsp3) is 0.200. The summed E-state index contributed by atoms with van der Waals surface area (Å²) in [5.41, 5.74) is 3.42. The molecule has 0 radical (unpaired) electrons. The van der Waals surface area contributed by atoms with Crippen molar-refractivity contribution >= 4 is 12.4 Å². The van der Waals surface area contributed by atoms with Crippen molar-refractivity contribution in [3.63, 3.8) is 0 Å². The topological polar surface area (TPSA) is 24.7 Å². The van der Waals surface area contributed by atoms with Gasteiger partial charge in [0.05, 0.1) is 0 Å². The number of aliphatic imine (C=N–C) groups is 2. The van der Waals surface area contributed by atoms with Crippen LogP contribution in [0, 0.1) is 0 Å². The largest absolute Gasteiger partial charge is 0.259 e. The smallest absolute Gasteiger partial charge is 0.0492 e. The lowest BCUT2D eigenvalue weighted by atomic mass is 10.2. The van der Waals surface area contributed by atoms with Gasteiger partial charge in [-0.05, 0) is 18.6 Å². The van der Waals surface area contributed by atoms with Crippen LogP contribution in [-0.2, 0) is 0 Å². The number of nitrogens with zero attached hydrogens (tertiary/aromatic N) is 2. The number of hydrogen-bond acceptors (Lipinski definition) is 2. The van der Waals surface area contributed by atoms with E-state index < -0.39 is 0 Å². The van der Waals surface area contributed by atoms with Gasteiger partial charge in [-0.15, -0.1) is 0 Å². The number of allylic oxidation sites excluding steroid dienone is 4. The minimum atomic E-state index is 0.853. The van der Waals surface area contributed by atoms with Crippen molar-refractivity contribution in [1.82, 2.24) is 0 Å². The Balaban J connectivity index is 2.51. The second kappa shape index (κ2) is 2.89. The molecule has 0 saturated heterocycles. The van der Waals surface area contributed by atoms with E-state index in [-0.39, 0.29) is 0 Å². The fourth-order valence-corrected chi connectivity index (χ4v) is 1.26. The third-order valence-electron chi connectivity index (χ3n) is 1.98. The minimum absolute atomic E-state index is 0.853. The second-order valence-corrected chi connectivity index (χ2v) is 2.88. The molecule has 0 amide bonds. The number of fused-ring (bicyclic) bond motifs is 2. The SMILES string of the molecule is CC1=C2CC(=CC=C1)N=CC=N2. The summed E-state index contributed by atoms with van der Waals surface area (Å²) in [5, 5.41) is 0. The summed E-state index contributed by atoms with van der Waals surface area (Å²) in [6.07, 6.45) is 10.5. The molecule has 0 spiro atoms. The average Bonchev–Trinajstić information content (AvgIpc) is 2.38. The first-order chi connectivity index (χ1) is 5.86. The van der Waals surface area contributed by atoms with E-state index in [1.54, 1.807) is 12.4 Å². The first-order valence-corrected chi connectivity index (χ1v) is 4.00. The van der Waals surface area contributed by atoms with E-state index in [1.165, 1.54) is 5.57 Å². The molecule has 60 valence electrons. The Bertz CT molecular complexity index is 341. The first-order valence-electron chi connectivity index (χ1n) is 4.00. The lowest BCUT2D eigenvalue weighted by Crippen LogP contribution is -1.82. The summed E-state index contributed by atoms with van der Waals surface area (Å²) in [5.74, 6) is 0. The van der Waals surface area contributed by atoms with Crippen molar-refractivity contribution in [3.05, 3.63) is 35.2 Å². The van der Waals surface area contributed by atoms with Crippen molar-refractivity contribution < 1.29 is 0 Å². The maximum absolute atomic E-state index is 4.30. The van der Waals surface area contributed by atoms with Crippen LogP contribution in [0.3, 0.4) is 0 Å². The Labute approximate surface area is 71.7 Å². The highest BCUT2D eigenvalue weighted by atomic mass is 14.8. The molecule has 0 fully saturated rings. The predicted molar refractivity (Wildman–Crippen MR) is 51.5 cm³/mol. The Morgan fingerprint density at radius 2 is 2.08 bits per heavy atom. The molecule has 1 aliphatic heterocycles. The van der Waals surface area contributed by atoms with E-state index in [0.29, 0.717) is 0 Å². The molecule has 1 heterocycles. The highest BCUT2D eigenvalue weighted by molar-refractivity contribution is 6.16. The van der Waals surface area contributed by atoms with Gasteiger partial charge >= 0.3 is 0 Å². The summed E-state index contributed by atoms with van der Waals surface area (Å²) in [6, 6.07) is 0. The molecular weight excluding hydrogens is 148 g/mol. The molecule has 12 heavy (non-hydrogen) atoms. The van der Waals surface area contributed by atoms with Gasteiger partial charge in [0.15, 0.2) is 0 Å². The normalized spacial score (nSPS) is 20.6. The molecule has 0 aromatic carbocycles. The van der Waals surface area contributed by atoms with Crippen LogP contribution in [0.4, 0.5) is 0 Å². The zero-order valence-corrected chi connectivity index (χ0v) is 6.99. The first kappa shape index (κ1) is 7.22. The lowest BCUT2D eigenvalue weighted by molar-refractivity contribution is 1.05. The van der Waals surface area contributed by atoms with Crippen molar-refractivity contribution in [3.8, 4) is 0 Å². The van der Waals surface area contributed by atoms with Gasteiger partial charge in [-0.25, -0.2) is 0 Å². The average molecular weight is 158 g/mol. The summed E-state index contributed by atoms with van der Waals surface area (Å²) in [7, 11) is 0. The van der Waals surface area contributed by atoms with Crippen molar-refractivity contribution in [1.29, 1.82) is 0 Å². The van der Waals surface area contributed by atoms with E-state index in [2.05, 4.69) is 23.0 Å². The fourth-order valence-electron chi connectivity index (χ4n) is 1.26. The van der Waals surface area contributed by atoms with E-state index in [0.717, 1.165) is 17.8 Å². The highest BCUT2D eigenvalue weighted by Gasteiger charge is 2.06. The molecule has 0 aromatic rings. The third-order valence-corrected chi connectivity index (χ3v) is 1.98. The molecule has 2 nitrogen and oxygen atoms in total. The van der Waals surface area contributed by atoms with Gasteiger partial charge in [0.25, 0.3) is 0 Å². The van der Waals surface area contributed by atoms with Crippen molar-refractivity contribution in [2.45, 2.75) is 13.3 Å². The lowest BCUT2D eigenvalue weighted by Gasteiger charge is -1.99. The van der Waals surface area contributed by atoms with Crippen LogP contribution in [0.5, 0.6) is 0 Å². The van der Waals surface area contributed by atoms with Crippen LogP contribution in [0.15, 0.2) is 45.2 Å². The quantitative estimate of drug-likeness (QED) is 0.516. The van der Waals surface area contributed by atoms with Crippen LogP contribution < -0.4 is 0 Å². The van der Waals surface area contributed by atoms with Gasteiger partial charge in [0.2, 0.25) is 0 Å². The van der Waals surface area contributed by atoms with Gasteiger partial charge in [0.1, 0.15) is 0 Å². The maximum Gasteiger partial charge on any atom is 0.0492 e. The molecular formula is C10H10N2. The standard InChI is InChI=1S/C10H10N2/c1-8-3-2-4-9-7-10(8)12-6-5-11-9/h2-6H,7H2,1H3. The van der Waals surface area contributed by atoms with Crippen LogP contribution in [0.2, 0.25) is 0 Å². The van der Waals surface area contributed by atoms with Crippen LogP contribution in [0.25, 0.3) is 0 Å². The third kappa shape index (κ3) is 1.28. The Morgan fingerprint density at radius 1 is 1.25 bits per heavy atom. The van der Waals surface area contributed by atoms with Gasteiger partial charge < -0.3 is 0 Å². The van der Waals surface area contributed by atoms with Gasteiger partial charge in [-0.1, -0.05) is 12.2 Å². The Hall–Kier alpha value is -1.44. The van der Waals surface area contributed by atoms with Crippen LogP contribution in [-0.4, -0.2) is 12.4 Å². The monoisotopic (exact) mass is 158 g/mol. The Kier molecular flexibility index (Phi) is 1.74. The molecule has 0 saturated carbocycles. The van der Waals surface area contributed by atoms with Crippen molar-refractivity contribution in [2.24, 2.45) is 9.98 Å². The molecule has 2 heteroatoms. The summed E-state index contributed by atoms with van der Waals surface area (Å²) in [6.45, 7) is 2.07. The summed E-state index contributed by atoms with van der Waals surface area (Å²) >= 11 is 0. The molecule has 0 atom stereocenters. The molecule has 2 rings (SSSR count). The highest BCUT2D eigenvalue weighted by Crippen LogP contribution is 2.22. The molecule has 0 aromatic heterocycles. The number of hydrogen-bond donors (Lipinski definition) is 0.